The van der Waals surface area contributed by atoms with Crippen LogP contribution in [0.1, 0.15) is 12.2 Å². The Labute approximate surface area is 125 Å². The summed E-state index contributed by atoms with van der Waals surface area (Å²) in [6, 6.07) is 3.63. The fourth-order valence-electron chi connectivity index (χ4n) is 1.71. The molecule has 1 amide bonds. The molecule has 0 radical (unpaired) electrons. The minimum Gasteiger partial charge on any atom is -0.449 e. The second-order valence-electron chi connectivity index (χ2n) is 4.14. The average Bonchev–Trinajstić information content (AvgIpc) is 2.83. The quantitative estimate of drug-likeness (QED) is 0.474. The maximum absolute atomic E-state index is 11.6. The van der Waals surface area contributed by atoms with Crippen molar-refractivity contribution in [2.45, 2.75) is 6.42 Å². The lowest BCUT2D eigenvalue weighted by molar-refractivity contribution is -0.121. The van der Waals surface area contributed by atoms with Gasteiger partial charge in [0.05, 0.1) is 19.4 Å². The number of rotatable bonds is 5. The van der Waals surface area contributed by atoms with Gasteiger partial charge in [-0.1, -0.05) is 0 Å². The predicted octanol–water partition coefficient (Wildman–Crippen LogP) is 1.06. The highest BCUT2D eigenvalue weighted by Crippen LogP contribution is 2.07. The van der Waals surface area contributed by atoms with Gasteiger partial charge in [-0.15, -0.1) is 0 Å². The van der Waals surface area contributed by atoms with Crippen LogP contribution in [0.3, 0.4) is 0 Å². The molecule has 19 heavy (non-hydrogen) atoms. The molecule has 1 aromatic heterocycles. The molecule has 0 spiro atoms. The molecule has 104 valence electrons. The summed E-state index contributed by atoms with van der Waals surface area (Å²) >= 11 is 2.07. The number of carbonyl (C=O) groups excluding carboxylic acids is 1. The van der Waals surface area contributed by atoms with Crippen molar-refractivity contribution in [3.63, 3.8) is 0 Å². The number of ether oxygens (including phenoxy) is 1. The standard InChI is InChI=1S/C12H16IN3O3/c13-11-2-1-10(19-11)9-14-15-12(17)3-4-16-5-7-18-8-6-16/h1-2,9H,3-8H2,(H,15,17). The first kappa shape index (κ1) is 14.5. The van der Waals surface area contributed by atoms with Gasteiger partial charge in [-0.05, 0) is 34.7 Å². The van der Waals surface area contributed by atoms with Gasteiger partial charge in [-0.3, -0.25) is 9.69 Å². The van der Waals surface area contributed by atoms with Gasteiger partial charge < -0.3 is 9.15 Å². The Balaban J connectivity index is 1.65. The summed E-state index contributed by atoms with van der Waals surface area (Å²) in [5.41, 5.74) is 2.49. The third-order valence-corrected chi connectivity index (χ3v) is 3.31. The van der Waals surface area contributed by atoms with E-state index in [1.165, 1.54) is 6.21 Å². The molecular formula is C12H16IN3O3. The van der Waals surface area contributed by atoms with Crippen LogP contribution < -0.4 is 5.43 Å². The lowest BCUT2D eigenvalue weighted by atomic mass is 10.3. The van der Waals surface area contributed by atoms with Crippen molar-refractivity contribution in [2.75, 3.05) is 32.8 Å². The predicted molar refractivity (Wildman–Crippen MR) is 79.0 cm³/mol. The third-order valence-electron chi connectivity index (χ3n) is 2.73. The number of hydrogen-bond acceptors (Lipinski definition) is 5. The Hall–Kier alpha value is -0.930. The van der Waals surface area contributed by atoms with E-state index >= 15 is 0 Å². The van der Waals surface area contributed by atoms with Crippen LogP contribution in [0.25, 0.3) is 0 Å². The second kappa shape index (κ2) is 7.61. The van der Waals surface area contributed by atoms with Crippen molar-refractivity contribution in [3.05, 3.63) is 21.7 Å². The van der Waals surface area contributed by atoms with Gasteiger partial charge in [0, 0.05) is 26.1 Å². The molecule has 0 bridgehead atoms. The zero-order valence-electron chi connectivity index (χ0n) is 10.5. The van der Waals surface area contributed by atoms with E-state index in [0.29, 0.717) is 12.2 Å². The van der Waals surface area contributed by atoms with Crippen LogP contribution >= 0.6 is 22.6 Å². The monoisotopic (exact) mass is 377 g/mol. The van der Waals surface area contributed by atoms with Crippen LogP contribution in [0.2, 0.25) is 0 Å². The van der Waals surface area contributed by atoms with Crippen molar-refractivity contribution in [1.29, 1.82) is 0 Å². The number of halogens is 1. The number of carbonyl (C=O) groups is 1. The molecular weight excluding hydrogens is 361 g/mol. The van der Waals surface area contributed by atoms with Crippen molar-refractivity contribution in [2.24, 2.45) is 5.10 Å². The van der Waals surface area contributed by atoms with Gasteiger partial charge in [0.15, 0.2) is 3.77 Å². The van der Waals surface area contributed by atoms with Gasteiger partial charge in [0.2, 0.25) is 5.91 Å². The first-order chi connectivity index (χ1) is 9.24. The highest BCUT2D eigenvalue weighted by atomic mass is 127. The van der Waals surface area contributed by atoms with Crippen LogP contribution in [0.15, 0.2) is 21.7 Å². The van der Waals surface area contributed by atoms with Crippen molar-refractivity contribution in [1.82, 2.24) is 10.3 Å². The highest BCUT2D eigenvalue weighted by Gasteiger charge is 2.11. The number of nitrogens with zero attached hydrogens (tertiary/aromatic N) is 2. The van der Waals surface area contributed by atoms with E-state index in [-0.39, 0.29) is 5.91 Å². The Morgan fingerprint density at radius 2 is 2.26 bits per heavy atom. The van der Waals surface area contributed by atoms with Crippen LogP contribution in [0.4, 0.5) is 0 Å². The van der Waals surface area contributed by atoms with Gasteiger partial charge in [0.1, 0.15) is 5.76 Å². The maximum Gasteiger partial charge on any atom is 0.241 e. The molecule has 0 aliphatic carbocycles. The molecule has 1 aliphatic heterocycles. The Kier molecular flexibility index (Phi) is 5.80. The molecule has 1 aromatic rings. The second-order valence-corrected chi connectivity index (χ2v) is 5.20. The first-order valence-electron chi connectivity index (χ1n) is 6.11. The molecule has 0 unspecified atom stereocenters. The average molecular weight is 377 g/mol. The molecule has 1 N–H and O–H groups in total. The van der Waals surface area contributed by atoms with E-state index in [1.54, 1.807) is 6.07 Å². The van der Waals surface area contributed by atoms with E-state index in [9.17, 15) is 4.79 Å². The maximum atomic E-state index is 11.6. The summed E-state index contributed by atoms with van der Waals surface area (Å²) in [6.45, 7) is 4.01. The van der Waals surface area contributed by atoms with Gasteiger partial charge in [-0.2, -0.15) is 5.10 Å². The molecule has 1 saturated heterocycles. The summed E-state index contributed by atoms with van der Waals surface area (Å²) in [5, 5.41) is 3.85. The van der Waals surface area contributed by atoms with Crippen molar-refractivity contribution < 1.29 is 13.9 Å². The van der Waals surface area contributed by atoms with Crippen LogP contribution in [0, 0.1) is 3.77 Å². The molecule has 7 heteroatoms. The summed E-state index contributed by atoms with van der Waals surface area (Å²) in [5.74, 6) is 0.530. The Morgan fingerprint density at radius 1 is 1.47 bits per heavy atom. The summed E-state index contributed by atoms with van der Waals surface area (Å²) < 4.78 is 11.3. The van der Waals surface area contributed by atoms with Crippen molar-refractivity contribution >= 4 is 34.7 Å². The molecule has 2 rings (SSSR count). The minimum atomic E-state index is -0.0935. The fourth-order valence-corrected chi connectivity index (χ4v) is 2.14. The Morgan fingerprint density at radius 3 is 2.95 bits per heavy atom. The number of hydrazone groups is 1. The first-order valence-corrected chi connectivity index (χ1v) is 7.19. The van der Waals surface area contributed by atoms with E-state index in [2.05, 4.69) is 38.0 Å². The molecule has 6 nitrogen and oxygen atoms in total. The molecule has 0 saturated carbocycles. The van der Waals surface area contributed by atoms with E-state index in [0.717, 1.165) is 36.6 Å². The van der Waals surface area contributed by atoms with Crippen LogP contribution in [0.5, 0.6) is 0 Å². The molecule has 0 aromatic carbocycles. The summed E-state index contributed by atoms with van der Waals surface area (Å²) in [7, 11) is 0. The molecule has 2 heterocycles. The number of hydrogen-bond donors (Lipinski definition) is 1. The largest absolute Gasteiger partial charge is 0.449 e. The third kappa shape index (κ3) is 5.29. The number of nitrogens with one attached hydrogen (secondary N) is 1. The molecule has 0 atom stereocenters. The molecule has 1 fully saturated rings. The topological polar surface area (TPSA) is 67.1 Å². The SMILES string of the molecule is O=C(CCN1CCOCC1)NN=Cc1ccc(I)o1. The number of amides is 1. The summed E-state index contributed by atoms with van der Waals surface area (Å²) in [4.78, 5) is 13.8. The van der Waals surface area contributed by atoms with Gasteiger partial charge >= 0.3 is 0 Å². The fraction of sp³-hybridized carbons (Fsp3) is 0.500. The zero-order valence-corrected chi connectivity index (χ0v) is 12.6. The zero-order chi connectivity index (χ0) is 13.5. The van der Waals surface area contributed by atoms with Gasteiger partial charge in [-0.25, -0.2) is 5.43 Å². The van der Waals surface area contributed by atoms with E-state index in [4.69, 9.17) is 9.15 Å². The van der Waals surface area contributed by atoms with Crippen LogP contribution in [-0.2, 0) is 9.53 Å². The van der Waals surface area contributed by atoms with E-state index < -0.39 is 0 Å². The van der Waals surface area contributed by atoms with Gasteiger partial charge in [0.25, 0.3) is 0 Å². The van der Waals surface area contributed by atoms with Crippen molar-refractivity contribution in [3.8, 4) is 0 Å². The highest BCUT2D eigenvalue weighted by molar-refractivity contribution is 14.1. The minimum absolute atomic E-state index is 0.0935. The molecule has 1 aliphatic rings. The Bertz CT molecular complexity index is 441. The number of morpholine rings is 1. The lowest BCUT2D eigenvalue weighted by Gasteiger charge is -2.25. The van der Waals surface area contributed by atoms with Crippen LogP contribution in [-0.4, -0.2) is 49.9 Å². The normalized spacial score (nSPS) is 16.9. The smallest absolute Gasteiger partial charge is 0.241 e. The summed E-state index contributed by atoms with van der Waals surface area (Å²) in [6.07, 6.45) is 1.93. The lowest BCUT2D eigenvalue weighted by Crippen LogP contribution is -2.38. The number of furan rings is 1. The van der Waals surface area contributed by atoms with E-state index in [1.807, 2.05) is 6.07 Å².